The van der Waals surface area contributed by atoms with Crippen LogP contribution >= 0.6 is 23.2 Å². The molecular formula is C11H10Cl2O3. The quantitative estimate of drug-likeness (QED) is 0.850. The Morgan fingerprint density at radius 3 is 2.19 bits per heavy atom. The van der Waals surface area contributed by atoms with Crippen LogP contribution in [0, 0.1) is 0 Å². The Hall–Kier alpha value is -0.930. The van der Waals surface area contributed by atoms with Gasteiger partial charge in [0, 0.05) is 6.42 Å². The van der Waals surface area contributed by atoms with Gasteiger partial charge in [0.25, 0.3) is 0 Å². The molecule has 3 nitrogen and oxygen atoms in total. The van der Waals surface area contributed by atoms with E-state index in [2.05, 4.69) is 0 Å². The van der Waals surface area contributed by atoms with Crippen molar-refractivity contribution in [1.29, 1.82) is 0 Å². The van der Waals surface area contributed by atoms with E-state index in [0.29, 0.717) is 11.3 Å². The van der Waals surface area contributed by atoms with Gasteiger partial charge in [0.2, 0.25) is 0 Å². The first kappa shape index (κ1) is 11.6. The van der Waals surface area contributed by atoms with E-state index >= 15 is 0 Å². The van der Waals surface area contributed by atoms with Gasteiger partial charge in [0.05, 0.1) is 7.11 Å². The number of carbonyl (C=O) groups is 1. The number of hydrogen-bond acceptors (Lipinski definition) is 2. The monoisotopic (exact) mass is 260 g/mol. The van der Waals surface area contributed by atoms with Gasteiger partial charge in [-0.1, -0.05) is 35.3 Å². The number of rotatable bonds is 3. The molecule has 0 bridgehead atoms. The maximum absolute atomic E-state index is 11.3. The zero-order valence-corrected chi connectivity index (χ0v) is 10.0. The third-order valence-electron chi connectivity index (χ3n) is 2.93. The van der Waals surface area contributed by atoms with Crippen molar-refractivity contribution in [2.24, 2.45) is 0 Å². The first-order chi connectivity index (χ1) is 7.44. The molecule has 86 valence electrons. The molecule has 2 rings (SSSR count). The highest BCUT2D eigenvalue weighted by molar-refractivity contribution is 6.54. The average molecular weight is 261 g/mol. The van der Waals surface area contributed by atoms with E-state index in [1.54, 1.807) is 31.4 Å². The molecule has 1 aromatic carbocycles. The molecule has 1 N–H and O–H groups in total. The minimum Gasteiger partial charge on any atom is -0.497 e. The fourth-order valence-corrected chi connectivity index (χ4v) is 2.61. The molecule has 1 fully saturated rings. The standard InChI is InChI=1S/C11H10Cl2O3/c1-16-8-4-2-7(3-5-8)10(9(14)15)6-11(10,12)13/h2-5H,6H2,1H3,(H,14,15). The van der Waals surface area contributed by atoms with Crippen LogP contribution in [0.15, 0.2) is 24.3 Å². The molecule has 0 heterocycles. The molecule has 16 heavy (non-hydrogen) atoms. The molecule has 0 aliphatic heterocycles. The van der Waals surface area contributed by atoms with E-state index in [0.717, 1.165) is 0 Å². The predicted molar refractivity (Wildman–Crippen MR) is 61.4 cm³/mol. The van der Waals surface area contributed by atoms with Crippen molar-refractivity contribution in [3.8, 4) is 5.75 Å². The van der Waals surface area contributed by atoms with Gasteiger partial charge in [0.15, 0.2) is 0 Å². The zero-order chi connectivity index (χ0) is 12.0. The zero-order valence-electron chi connectivity index (χ0n) is 8.54. The molecule has 1 aromatic rings. The molecule has 5 heteroatoms. The van der Waals surface area contributed by atoms with E-state index < -0.39 is 15.7 Å². The highest BCUT2D eigenvalue weighted by Crippen LogP contribution is 2.65. The summed E-state index contributed by atoms with van der Waals surface area (Å²) in [6, 6.07) is 6.75. The largest absolute Gasteiger partial charge is 0.497 e. The van der Waals surface area contributed by atoms with Crippen LogP contribution in [-0.2, 0) is 10.2 Å². The number of ether oxygens (including phenoxy) is 1. The second-order valence-corrected chi connectivity index (χ2v) is 5.30. The Balaban J connectivity index is 2.39. The topological polar surface area (TPSA) is 46.5 Å². The van der Waals surface area contributed by atoms with Crippen LogP contribution < -0.4 is 4.74 Å². The molecule has 1 aliphatic rings. The SMILES string of the molecule is COc1ccc(C2(C(=O)O)CC2(Cl)Cl)cc1. The van der Waals surface area contributed by atoms with Gasteiger partial charge in [-0.25, -0.2) is 0 Å². The van der Waals surface area contributed by atoms with Crippen molar-refractivity contribution in [3.05, 3.63) is 29.8 Å². The van der Waals surface area contributed by atoms with E-state index in [9.17, 15) is 9.90 Å². The van der Waals surface area contributed by atoms with E-state index in [4.69, 9.17) is 27.9 Å². The maximum Gasteiger partial charge on any atom is 0.317 e. The summed E-state index contributed by atoms with van der Waals surface area (Å²) in [5.41, 5.74) is -0.576. The van der Waals surface area contributed by atoms with Gasteiger partial charge in [-0.05, 0) is 17.7 Å². The number of methoxy groups -OCH3 is 1. The second-order valence-electron chi connectivity index (χ2n) is 3.82. The normalized spacial score (nSPS) is 26.2. The number of aliphatic carboxylic acids is 1. The average Bonchev–Trinajstić information content (AvgIpc) is 2.84. The molecule has 1 atom stereocenters. The van der Waals surface area contributed by atoms with Gasteiger partial charge in [-0.15, -0.1) is 0 Å². The van der Waals surface area contributed by atoms with Crippen LogP contribution in [-0.4, -0.2) is 22.5 Å². The Bertz CT molecular complexity index is 427. The van der Waals surface area contributed by atoms with E-state index in [1.807, 2.05) is 0 Å². The highest BCUT2D eigenvalue weighted by atomic mass is 35.5. The second kappa shape index (κ2) is 3.54. The first-order valence-electron chi connectivity index (χ1n) is 4.70. The molecule has 0 spiro atoms. The maximum atomic E-state index is 11.3. The van der Waals surface area contributed by atoms with Gasteiger partial charge in [-0.3, -0.25) is 4.79 Å². The molecule has 0 saturated heterocycles. The summed E-state index contributed by atoms with van der Waals surface area (Å²) in [6.45, 7) is 0. The predicted octanol–water partition coefficient (Wildman–Crippen LogP) is 2.60. The van der Waals surface area contributed by atoms with Crippen molar-refractivity contribution in [3.63, 3.8) is 0 Å². The fourth-order valence-electron chi connectivity index (χ4n) is 1.83. The lowest BCUT2D eigenvalue weighted by atomic mass is 9.96. The van der Waals surface area contributed by atoms with Crippen LogP contribution in [0.3, 0.4) is 0 Å². The summed E-state index contributed by atoms with van der Waals surface area (Å²) in [5, 5.41) is 9.22. The summed E-state index contributed by atoms with van der Waals surface area (Å²) in [4.78, 5) is 11.3. The molecule has 0 amide bonds. The van der Waals surface area contributed by atoms with Crippen LogP contribution in [0.25, 0.3) is 0 Å². The van der Waals surface area contributed by atoms with Crippen molar-refractivity contribution in [2.45, 2.75) is 16.2 Å². The number of carboxylic acid groups (broad SMARTS) is 1. The minimum absolute atomic E-state index is 0.227. The number of halogens is 2. The third kappa shape index (κ3) is 1.46. The lowest BCUT2D eigenvalue weighted by Gasteiger charge is -2.13. The molecule has 1 unspecified atom stereocenters. The number of benzene rings is 1. The van der Waals surface area contributed by atoms with Crippen LogP contribution in [0.2, 0.25) is 0 Å². The van der Waals surface area contributed by atoms with Crippen LogP contribution in [0.1, 0.15) is 12.0 Å². The molecular weight excluding hydrogens is 251 g/mol. The number of hydrogen-bond donors (Lipinski definition) is 1. The third-order valence-corrected chi connectivity index (χ3v) is 3.85. The summed E-state index contributed by atoms with van der Waals surface area (Å²) >= 11 is 11.8. The minimum atomic E-state index is -1.21. The van der Waals surface area contributed by atoms with Crippen molar-refractivity contribution in [2.75, 3.05) is 7.11 Å². The fraction of sp³-hybridized carbons (Fsp3) is 0.364. The Kier molecular flexibility index (Phi) is 2.55. The summed E-state index contributed by atoms with van der Waals surface area (Å²) < 4.78 is 3.79. The summed E-state index contributed by atoms with van der Waals surface area (Å²) in [5.74, 6) is -0.331. The molecule has 1 aliphatic carbocycles. The van der Waals surface area contributed by atoms with Crippen molar-refractivity contribution < 1.29 is 14.6 Å². The van der Waals surface area contributed by atoms with E-state index in [1.165, 1.54) is 0 Å². The van der Waals surface area contributed by atoms with Gasteiger partial charge >= 0.3 is 5.97 Å². The smallest absolute Gasteiger partial charge is 0.317 e. The first-order valence-corrected chi connectivity index (χ1v) is 5.45. The van der Waals surface area contributed by atoms with Crippen molar-refractivity contribution >= 4 is 29.2 Å². The van der Waals surface area contributed by atoms with Crippen molar-refractivity contribution in [1.82, 2.24) is 0 Å². The Labute approximate surface area is 103 Å². The van der Waals surface area contributed by atoms with Crippen LogP contribution in [0.4, 0.5) is 0 Å². The summed E-state index contributed by atoms with van der Waals surface area (Å²) in [6.07, 6.45) is 0.227. The number of carboxylic acids is 1. The van der Waals surface area contributed by atoms with E-state index in [-0.39, 0.29) is 6.42 Å². The highest BCUT2D eigenvalue weighted by Gasteiger charge is 2.72. The lowest BCUT2D eigenvalue weighted by molar-refractivity contribution is -0.140. The molecule has 0 aromatic heterocycles. The molecule has 1 saturated carbocycles. The van der Waals surface area contributed by atoms with Gasteiger partial charge < -0.3 is 9.84 Å². The molecule has 0 radical (unpaired) electrons. The lowest BCUT2D eigenvalue weighted by Crippen LogP contribution is -2.26. The Morgan fingerprint density at radius 2 is 1.88 bits per heavy atom. The number of alkyl halides is 2. The Morgan fingerprint density at radius 1 is 1.38 bits per heavy atom. The summed E-state index contributed by atoms with van der Waals surface area (Å²) in [7, 11) is 1.55. The van der Waals surface area contributed by atoms with Crippen LogP contribution in [0.5, 0.6) is 5.75 Å². The van der Waals surface area contributed by atoms with Gasteiger partial charge in [0.1, 0.15) is 15.5 Å². The van der Waals surface area contributed by atoms with Gasteiger partial charge in [-0.2, -0.15) is 0 Å².